The number of carbonyl (C=O) groups is 1. The number of aryl methyl sites for hydroxylation is 1. The molecule has 2 aromatic heterocycles. The van der Waals surface area contributed by atoms with Gasteiger partial charge in [0.05, 0.1) is 0 Å². The van der Waals surface area contributed by atoms with Gasteiger partial charge in [0.2, 0.25) is 5.16 Å². The number of carboxylic acids is 1. The van der Waals surface area contributed by atoms with Crippen LogP contribution in [0.4, 0.5) is 0 Å². The number of para-hydroxylation sites is 1. The molecule has 0 radical (unpaired) electrons. The Labute approximate surface area is 189 Å². The topological polar surface area (TPSA) is 83.8 Å². The van der Waals surface area contributed by atoms with Crippen LogP contribution in [-0.2, 0) is 17.8 Å². The number of thioether (sulfide) groups is 1. The molecule has 0 aliphatic heterocycles. The minimum Gasteiger partial charge on any atom is -0.477 e. The highest BCUT2D eigenvalue weighted by Crippen LogP contribution is 2.30. The van der Waals surface area contributed by atoms with Crippen molar-refractivity contribution in [2.45, 2.75) is 31.5 Å². The number of nitrogens with one attached hydrogen (secondary N) is 1. The summed E-state index contributed by atoms with van der Waals surface area (Å²) in [4.78, 5) is 16.5. The largest absolute Gasteiger partial charge is 0.477 e. The lowest BCUT2D eigenvalue weighted by Crippen LogP contribution is -1.98. The molecule has 2 heterocycles. The van der Waals surface area contributed by atoms with Crippen LogP contribution < -0.4 is 0 Å². The number of hydrogen-bond donors (Lipinski definition) is 2. The van der Waals surface area contributed by atoms with Gasteiger partial charge < -0.3 is 9.67 Å². The van der Waals surface area contributed by atoms with Gasteiger partial charge in [0.15, 0.2) is 0 Å². The van der Waals surface area contributed by atoms with Crippen LogP contribution in [0.2, 0.25) is 5.02 Å². The first-order valence-electron chi connectivity index (χ1n) is 9.90. The number of rotatable bonds is 8. The van der Waals surface area contributed by atoms with E-state index in [1.165, 1.54) is 0 Å². The zero-order valence-corrected chi connectivity index (χ0v) is 18.5. The van der Waals surface area contributed by atoms with Crippen LogP contribution in [0.1, 0.15) is 30.3 Å². The first-order chi connectivity index (χ1) is 15.0. The molecule has 4 rings (SSSR count). The van der Waals surface area contributed by atoms with Crippen molar-refractivity contribution in [3.63, 3.8) is 0 Å². The molecule has 158 valence electrons. The molecule has 6 nitrogen and oxygen atoms in total. The summed E-state index contributed by atoms with van der Waals surface area (Å²) < 4.78 is 2.11. The molecular formula is C23H21ClN4O2S. The van der Waals surface area contributed by atoms with E-state index in [9.17, 15) is 9.90 Å². The van der Waals surface area contributed by atoms with Gasteiger partial charge >= 0.3 is 5.97 Å². The fraction of sp³-hybridized carbons (Fsp3) is 0.174. The molecule has 0 aliphatic carbocycles. The van der Waals surface area contributed by atoms with Crippen molar-refractivity contribution in [3.8, 4) is 0 Å². The molecule has 0 fully saturated rings. The predicted molar refractivity (Wildman–Crippen MR) is 124 cm³/mol. The van der Waals surface area contributed by atoms with Crippen molar-refractivity contribution < 1.29 is 9.90 Å². The molecule has 0 saturated carbocycles. The van der Waals surface area contributed by atoms with Crippen molar-refractivity contribution in [1.82, 2.24) is 19.7 Å². The van der Waals surface area contributed by atoms with Crippen LogP contribution in [0, 0.1) is 0 Å². The van der Waals surface area contributed by atoms with Gasteiger partial charge in [-0.3, -0.25) is 5.10 Å². The Balaban J connectivity index is 1.68. The number of carboxylic acid groups (broad SMARTS) is 1. The van der Waals surface area contributed by atoms with Gasteiger partial charge in [-0.1, -0.05) is 48.9 Å². The average molecular weight is 453 g/mol. The number of aromatic amines is 1. The molecule has 0 amide bonds. The van der Waals surface area contributed by atoms with Gasteiger partial charge in [0.25, 0.3) is 0 Å². The minimum atomic E-state index is -1.01. The molecular weight excluding hydrogens is 432 g/mol. The standard InChI is InChI=1S/C23H21ClN4O2S/c1-2-5-21-25-23(27-26-21)31-20(22(29)30)12-16-14-28(19-7-4-3-6-18(16)19)13-15-8-10-17(24)11-9-15/h3-4,6-12,14H,2,5,13H2,1H3,(H,29,30)(H,25,26,27)/b20-12-. The molecule has 2 aromatic carbocycles. The Kier molecular flexibility index (Phi) is 6.44. The molecule has 4 aromatic rings. The number of fused-ring (bicyclic) bond motifs is 1. The Hall–Kier alpha value is -3.03. The third-order valence-electron chi connectivity index (χ3n) is 4.78. The third kappa shape index (κ3) is 5.00. The average Bonchev–Trinajstić information content (AvgIpc) is 3.34. The lowest BCUT2D eigenvalue weighted by Gasteiger charge is -2.05. The molecule has 2 N–H and O–H groups in total. The fourth-order valence-corrected chi connectivity index (χ4v) is 4.20. The van der Waals surface area contributed by atoms with Crippen molar-refractivity contribution in [3.05, 3.63) is 81.6 Å². The van der Waals surface area contributed by atoms with E-state index in [2.05, 4.69) is 26.7 Å². The van der Waals surface area contributed by atoms with E-state index >= 15 is 0 Å². The predicted octanol–water partition coefficient (Wildman–Crippen LogP) is 5.63. The van der Waals surface area contributed by atoms with Gasteiger partial charge in [-0.2, -0.15) is 0 Å². The number of aromatic nitrogens is 4. The normalized spacial score (nSPS) is 11.9. The SMILES string of the molecule is CCCc1nc(S/C(=C\c2cn(Cc3ccc(Cl)cc3)c3ccccc23)C(=O)O)n[nH]1. The monoisotopic (exact) mass is 452 g/mol. The Bertz CT molecular complexity index is 1240. The Morgan fingerprint density at radius 1 is 1.23 bits per heavy atom. The summed E-state index contributed by atoms with van der Waals surface area (Å²) in [5.74, 6) is -0.254. The molecule has 0 saturated heterocycles. The lowest BCUT2D eigenvalue weighted by molar-refractivity contribution is -0.131. The molecule has 0 atom stereocenters. The summed E-state index contributed by atoms with van der Waals surface area (Å²) in [7, 11) is 0. The summed E-state index contributed by atoms with van der Waals surface area (Å²) in [5.41, 5.74) is 2.97. The number of aliphatic carboxylic acids is 1. The van der Waals surface area contributed by atoms with E-state index in [0.717, 1.165) is 52.5 Å². The highest BCUT2D eigenvalue weighted by atomic mass is 35.5. The quantitative estimate of drug-likeness (QED) is 0.267. The summed E-state index contributed by atoms with van der Waals surface area (Å²) in [6, 6.07) is 15.7. The van der Waals surface area contributed by atoms with E-state index < -0.39 is 5.97 Å². The second kappa shape index (κ2) is 9.41. The number of H-pyrrole nitrogens is 1. The molecule has 31 heavy (non-hydrogen) atoms. The maximum absolute atomic E-state index is 11.9. The molecule has 0 aliphatic rings. The number of halogens is 1. The second-order valence-electron chi connectivity index (χ2n) is 7.09. The summed E-state index contributed by atoms with van der Waals surface area (Å²) in [6.45, 7) is 2.71. The van der Waals surface area contributed by atoms with Crippen molar-refractivity contribution >= 4 is 46.3 Å². The fourth-order valence-electron chi connectivity index (χ4n) is 3.35. The highest BCUT2D eigenvalue weighted by molar-refractivity contribution is 8.04. The van der Waals surface area contributed by atoms with Crippen LogP contribution in [0.15, 0.2) is 64.8 Å². The third-order valence-corrected chi connectivity index (χ3v) is 5.91. The van der Waals surface area contributed by atoms with Crippen LogP contribution in [0.3, 0.4) is 0 Å². The van der Waals surface area contributed by atoms with Crippen LogP contribution in [-0.4, -0.2) is 30.8 Å². The van der Waals surface area contributed by atoms with Crippen LogP contribution in [0.5, 0.6) is 0 Å². The Morgan fingerprint density at radius 3 is 2.74 bits per heavy atom. The smallest absolute Gasteiger partial charge is 0.342 e. The highest BCUT2D eigenvalue weighted by Gasteiger charge is 2.16. The van der Waals surface area contributed by atoms with Gasteiger partial charge in [-0.15, -0.1) is 5.10 Å². The van der Waals surface area contributed by atoms with Crippen molar-refractivity contribution in [2.24, 2.45) is 0 Å². The summed E-state index contributed by atoms with van der Waals surface area (Å²) in [6.07, 6.45) is 5.37. The number of hydrogen-bond acceptors (Lipinski definition) is 4. The zero-order valence-electron chi connectivity index (χ0n) is 16.9. The van der Waals surface area contributed by atoms with Gasteiger partial charge in [-0.05, 0) is 48.0 Å². The van der Waals surface area contributed by atoms with Crippen molar-refractivity contribution in [2.75, 3.05) is 0 Å². The van der Waals surface area contributed by atoms with E-state index in [0.29, 0.717) is 16.7 Å². The molecule has 0 bridgehead atoms. The summed E-state index contributed by atoms with van der Waals surface area (Å²) in [5, 5.41) is 18.9. The van der Waals surface area contributed by atoms with E-state index in [4.69, 9.17) is 11.6 Å². The van der Waals surface area contributed by atoms with E-state index in [-0.39, 0.29) is 4.91 Å². The number of benzene rings is 2. The zero-order chi connectivity index (χ0) is 21.8. The lowest BCUT2D eigenvalue weighted by atomic mass is 10.1. The maximum atomic E-state index is 11.9. The second-order valence-corrected chi connectivity index (χ2v) is 8.53. The maximum Gasteiger partial charge on any atom is 0.342 e. The first-order valence-corrected chi connectivity index (χ1v) is 11.1. The first kappa shape index (κ1) is 21.2. The van der Waals surface area contributed by atoms with Gasteiger partial charge in [-0.25, -0.2) is 9.78 Å². The number of nitrogens with zero attached hydrogens (tertiary/aromatic N) is 3. The van der Waals surface area contributed by atoms with E-state index in [1.54, 1.807) is 6.08 Å². The summed E-state index contributed by atoms with van der Waals surface area (Å²) >= 11 is 7.05. The minimum absolute atomic E-state index is 0.163. The van der Waals surface area contributed by atoms with Crippen LogP contribution >= 0.6 is 23.4 Å². The van der Waals surface area contributed by atoms with Gasteiger partial charge in [0.1, 0.15) is 10.7 Å². The van der Waals surface area contributed by atoms with E-state index in [1.807, 2.05) is 54.7 Å². The van der Waals surface area contributed by atoms with Crippen LogP contribution in [0.25, 0.3) is 17.0 Å². The molecule has 8 heteroatoms. The molecule has 0 unspecified atom stereocenters. The molecule has 0 spiro atoms. The van der Waals surface area contributed by atoms with Gasteiger partial charge in [0, 0.05) is 40.7 Å². The Morgan fingerprint density at radius 2 is 2.00 bits per heavy atom. The van der Waals surface area contributed by atoms with Crippen molar-refractivity contribution in [1.29, 1.82) is 0 Å².